The van der Waals surface area contributed by atoms with Crippen molar-refractivity contribution in [3.05, 3.63) is 84.0 Å². The van der Waals surface area contributed by atoms with Crippen LogP contribution < -0.4 is 14.8 Å². The van der Waals surface area contributed by atoms with E-state index in [9.17, 15) is 19.8 Å². The minimum atomic E-state index is -1.46. The molecule has 1 saturated heterocycles. The molecule has 7 unspecified atom stereocenters. The number of ether oxygens (including phenoxy) is 6. The largest absolute Gasteiger partial charge is 0.459 e. The van der Waals surface area contributed by atoms with Gasteiger partial charge in [0, 0.05) is 50.6 Å². The number of fused-ring (bicyclic) bond motifs is 2. The van der Waals surface area contributed by atoms with Crippen LogP contribution in [0.2, 0.25) is 0 Å². The van der Waals surface area contributed by atoms with E-state index in [-0.39, 0.29) is 57.2 Å². The summed E-state index contributed by atoms with van der Waals surface area (Å²) in [5.74, 6) is -1.30. The molecule has 14 heteroatoms. The summed E-state index contributed by atoms with van der Waals surface area (Å²) < 4.78 is 38.5. The van der Waals surface area contributed by atoms with Gasteiger partial charge in [0.15, 0.2) is 0 Å². The molecule has 4 aliphatic rings. The van der Waals surface area contributed by atoms with Gasteiger partial charge in [0.2, 0.25) is 12.1 Å². The van der Waals surface area contributed by atoms with Gasteiger partial charge in [-0.2, -0.15) is 0 Å². The third kappa shape index (κ3) is 16.3. The van der Waals surface area contributed by atoms with E-state index in [0.717, 1.165) is 74.5 Å². The Kier molecular flexibility index (Phi) is 24.7. The first kappa shape index (κ1) is 56.8. The lowest BCUT2D eigenvalue weighted by Gasteiger charge is -2.59. The molecule has 1 saturated carbocycles. The summed E-state index contributed by atoms with van der Waals surface area (Å²) >= 11 is 0. The predicted octanol–water partition coefficient (Wildman–Crippen LogP) is 11.9. The molecule has 0 spiro atoms. The van der Waals surface area contributed by atoms with Gasteiger partial charge in [-0.05, 0) is 92.5 Å². The number of rotatable bonds is 33. The van der Waals surface area contributed by atoms with Crippen molar-refractivity contribution in [3.63, 3.8) is 0 Å². The van der Waals surface area contributed by atoms with E-state index < -0.39 is 36.2 Å². The van der Waals surface area contributed by atoms with Gasteiger partial charge >= 0.3 is 12.2 Å². The van der Waals surface area contributed by atoms with Crippen LogP contribution in [0.4, 0.5) is 9.59 Å². The van der Waals surface area contributed by atoms with Gasteiger partial charge in [-0.15, -0.1) is 6.58 Å². The highest BCUT2D eigenvalue weighted by Gasteiger charge is 2.65. The Morgan fingerprint density at radius 1 is 0.889 bits per heavy atom. The fraction of sp³-hybridized carbons (Fsp3) is 0.672. The summed E-state index contributed by atoms with van der Waals surface area (Å²) in [5.41, 5.74) is 3.48. The molecule has 2 aromatic carbocycles. The van der Waals surface area contributed by atoms with E-state index in [2.05, 4.69) is 24.9 Å². The van der Waals surface area contributed by atoms with Crippen molar-refractivity contribution < 1.29 is 53.1 Å². The van der Waals surface area contributed by atoms with Crippen molar-refractivity contribution in [3.8, 4) is 11.5 Å². The van der Waals surface area contributed by atoms with E-state index >= 15 is 0 Å². The van der Waals surface area contributed by atoms with Crippen molar-refractivity contribution in [1.29, 1.82) is 0 Å². The number of hydrogen-bond acceptors (Lipinski definition) is 12. The zero-order valence-corrected chi connectivity index (χ0v) is 43.6. The second-order valence-corrected chi connectivity index (χ2v) is 20.0. The lowest BCUT2D eigenvalue weighted by molar-refractivity contribution is -0.255. The Hall–Kier alpha value is -4.47. The van der Waals surface area contributed by atoms with Crippen LogP contribution >= 0.6 is 0 Å². The zero-order valence-electron chi connectivity index (χ0n) is 43.6. The number of oxime groups is 1. The number of allylic oxidation sites excluding steroid dienone is 1. The lowest BCUT2D eigenvalue weighted by atomic mass is 9.55. The predicted molar refractivity (Wildman–Crippen MR) is 280 cm³/mol. The van der Waals surface area contributed by atoms with Crippen molar-refractivity contribution >= 4 is 17.9 Å². The van der Waals surface area contributed by atoms with Crippen LogP contribution in [0.1, 0.15) is 166 Å². The Morgan fingerprint density at radius 2 is 1.64 bits per heavy atom. The topological polar surface area (TPSA) is 167 Å². The molecule has 2 aromatic rings. The number of amides is 2. The number of nitrogens with one attached hydrogen (secondary N) is 1. The third-order valence-corrected chi connectivity index (χ3v) is 14.7. The molecule has 2 heterocycles. The minimum Gasteiger partial charge on any atom is -0.459 e. The average Bonchev–Trinajstić information content (AvgIpc) is 3.40. The van der Waals surface area contributed by atoms with Crippen LogP contribution in [-0.2, 0) is 30.4 Å². The molecule has 400 valence electrons. The molecule has 2 amide bonds. The standard InChI is InChI=1S/C58H87N3O11/c1-4-7-8-9-10-11-12-13-14-21-32-59-56(64)70-46-30-31-51-49(41-46)54-47(28-19-23-35-63)45(27-18-22-34-62)40-48-50(60-72-53-29-20-24-37-67-53)42-52(58(71-51,55(48)54)69-36-6-3)61(33-5-2)57(65)68-39-38-66-43-44-25-16-15-17-26-44/h6,15-17,25-26,30-31,40-41,45,47,52-55,62-63H,3-5,7-14,18-24,27-29,32-39,42-43H2,1-2H3,(H,59,64). The molecule has 72 heavy (non-hydrogen) atoms. The first-order chi connectivity index (χ1) is 35.4. The summed E-state index contributed by atoms with van der Waals surface area (Å²) in [6, 6.07) is 14.7. The normalized spacial score (nSPS) is 23.8. The second kappa shape index (κ2) is 31.3. The van der Waals surface area contributed by atoms with Crippen molar-refractivity contribution in [2.45, 2.75) is 179 Å². The highest BCUT2D eigenvalue weighted by atomic mass is 16.8. The summed E-state index contributed by atoms with van der Waals surface area (Å²) in [5, 5.41) is 28.0. The van der Waals surface area contributed by atoms with Gasteiger partial charge in [-0.25, -0.2) is 9.59 Å². The zero-order chi connectivity index (χ0) is 50.8. The summed E-state index contributed by atoms with van der Waals surface area (Å²) in [6.07, 6.45) is 22.5. The average molecular weight is 1000 g/mol. The molecule has 6 rings (SSSR count). The molecule has 2 fully saturated rings. The molecule has 3 N–H and O–H groups in total. The molecule has 2 aliphatic carbocycles. The van der Waals surface area contributed by atoms with Gasteiger partial charge < -0.3 is 48.8 Å². The monoisotopic (exact) mass is 1000 g/mol. The van der Waals surface area contributed by atoms with Crippen LogP contribution in [0, 0.1) is 17.8 Å². The molecule has 0 aromatic heterocycles. The number of aliphatic hydroxyl groups is 2. The van der Waals surface area contributed by atoms with Gasteiger partial charge in [-0.1, -0.05) is 132 Å². The van der Waals surface area contributed by atoms with Crippen LogP contribution in [0.3, 0.4) is 0 Å². The van der Waals surface area contributed by atoms with Gasteiger partial charge in [0.05, 0.1) is 38.1 Å². The second-order valence-electron chi connectivity index (χ2n) is 20.0. The number of carbonyl (C=O) groups is 2. The van der Waals surface area contributed by atoms with Crippen LogP contribution in [0.5, 0.6) is 11.5 Å². The number of nitrogens with zero attached hydrogens (tertiary/aromatic N) is 2. The summed E-state index contributed by atoms with van der Waals surface area (Å²) in [4.78, 5) is 36.1. The van der Waals surface area contributed by atoms with Crippen LogP contribution in [0.15, 0.2) is 78.0 Å². The first-order valence-corrected chi connectivity index (χ1v) is 27.7. The smallest absolute Gasteiger partial charge is 0.412 e. The molecule has 14 nitrogen and oxygen atoms in total. The molecule has 0 radical (unpaired) electrons. The minimum absolute atomic E-state index is 0.00491. The number of unbranched alkanes of at least 4 members (excludes halogenated alkanes) is 11. The number of benzene rings is 2. The number of hydrogen-bond donors (Lipinski definition) is 3. The fourth-order valence-corrected chi connectivity index (χ4v) is 11.2. The highest BCUT2D eigenvalue weighted by molar-refractivity contribution is 6.03. The van der Waals surface area contributed by atoms with E-state index in [1.807, 2.05) is 49.4 Å². The van der Waals surface area contributed by atoms with E-state index in [1.54, 1.807) is 17.0 Å². The van der Waals surface area contributed by atoms with Crippen molar-refractivity contribution in [2.24, 2.45) is 22.9 Å². The molecule has 7 atom stereocenters. The maximum atomic E-state index is 14.7. The highest BCUT2D eigenvalue weighted by Crippen LogP contribution is 2.62. The third-order valence-electron chi connectivity index (χ3n) is 14.7. The fourth-order valence-electron chi connectivity index (χ4n) is 11.2. The quantitative estimate of drug-likeness (QED) is 0.0354. The molecule has 0 bridgehead atoms. The Morgan fingerprint density at radius 3 is 2.35 bits per heavy atom. The SMILES string of the molecule is C=CCOC12Oc3ccc(OC(=O)NCCCCCCCCCCCC)cc3C3C(CCCCO)C(CCCCO)C=C(C(=NOC4CCCCO4)CC1N(CCC)C(=O)OCCOCc1ccccc1)C32. The Bertz CT molecular complexity index is 1970. The number of aliphatic hydroxyl groups excluding tert-OH is 2. The Labute approximate surface area is 430 Å². The van der Waals surface area contributed by atoms with E-state index in [0.29, 0.717) is 69.2 Å². The van der Waals surface area contributed by atoms with Crippen molar-refractivity contribution in [1.82, 2.24) is 10.2 Å². The van der Waals surface area contributed by atoms with Gasteiger partial charge in [0.25, 0.3) is 0 Å². The maximum absolute atomic E-state index is 14.7. The Balaban J connectivity index is 1.35. The van der Waals surface area contributed by atoms with Crippen molar-refractivity contribution in [2.75, 3.05) is 52.7 Å². The molecular weight excluding hydrogens is 915 g/mol. The summed E-state index contributed by atoms with van der Waals surface area (Å²) in [7, 11) is 0. The maximum Gasteiger partial charge on any atom is 0.412 e. The number of carbonyl (C=O) groups excluding carboxylic acids is 2. The van der Waals surface area contributed by atoms with Crippen LogP contribution in [-0.4, -0.2) is 104 Å². The first-order valence-electron chi connectivity index (χ1n) is 27.7. The lowest BCUT2D eigenvalue weighted by Crippen LogP contribution is -2.70. The van der Waals surface area contributed by atoms with Gasteiger partial charge in [0.1, 0.15) is 24.1 Å². The summed E-state index contributed by atoms with van der Waals surface area (Å²) in [6.45, 7) is 10.7. The molecule has 2 aliphatic heterocycles. The van der Waals surface area contributed by atoms with E-state index in [1.165, 1.54) is 44.9 Å². The molecular formula is C58H87N3O11. The van der Waals surface area contributed by atoms with Gasteiger partial charge in [-0.3, -0.25) is 4.90 Å². The van der Waals surface area contributed by atoms with Crippen LogP contribution in [0.25, 0.3) is 0 Å². The van der Waals surface area contributed by atoms with E-state index in [4.69, 9.17) is 38.4 Å².